The molecule has 1 heterocycles. The molecule has 0 atom stereocenters. The molecule has 0 saturated heterocycles. The lowest BCUT2D eigenvalue weighted by Gasteiger charge is -2.03. The van der Waals surface area contributed by atoms with Crippen LogP contribution in [0.3, 0.4) is 0 Å². The number of halogens is 2. The van der Waals surface area contributed by atoms with E-state index >= 15 is 0 Å². The molecule has 0 aliphatic carbocycles. The Hall–Kier alpha value is -2.40. The highest BCUT2D eigenvalue weighted by molar-refractivity contribution is 6.30. The number of hydrogen-bond acceptors (Lipinski definition) is 4. The van der Waals surface area contributed by atoms with E-state index in [0.717, 1.165) is 5.56 Å². The summed E-state index contributed by atoms with van der Waals surface area (Å²) < 4.78 is 23.8. The normalized spacial score (nSPS) is 10.6. The van der Waals surface area contributed by atoms with Gasteiger partial charge in [-0.25, -0.2) is 4.39 Å². The number of rotatable bonds is 4. The van der Waals surface area contributed by atoms with E-state index in [1.165, 1.54) is 12.1 Å². The van der Waals surface area contributed by atoms with Gasteiger partial charge in [-0.15, -0.1) is 0 Å². The molecule has 0 fully saturated rings. The van der Waals surface area contributed by atoms with E-state index < -0.39 is 5.82 Å². The third kappa shape index (κ3) is 3.20. The maximum Gasteiger partial charge on any atom is 0.258 e. The van der Waals surface area contributed by atoms with Gasteiger partial charge >= 0.3 is 0 Å². The highest BCUT2D eigenvalue weighted by atomic mass is 35.5. The lowest BCUT2D eigenvalue weighted by Crippen LogP contribution is -1.99. The zero-order chi connectivity index (χ0) is 14.7. The van der Waals surface area contributed by atoms with Crippen LogP contribution in [-0.4, -0.2) is 10.1 Å². The van der Waals surface area contributed by atoms with Crippen LogP contribution in [0.5, 0.6) is 5.75 Å². The zero-order valence-corrected chi connectivity index (χ0v) is 11.5. The summed E-state index contributed by atoms with van der Waals surface area (Å²) in [5.41, 5.74) is 0.754. The second-order valence-corrected chi connectivity index (χ2v) is 4.68. The number of nitrogens with zero attached hydrogens (tertiary/aromatic N) is 2. The van der Waals surface area contributed by atoms with Crippen LogP contribution in [0.15, 0.2) is 53.1 Å². The lowest BCUT2D eigenvalue weighted by molar-refractivity contribution is 0.274. The smallest absolute Gasteiger partial charge is 0.258 e. The van der Waals surface area contributed by atoms with E-state index in [4.69, 9.17) is 20.9 Å². The van der Waals surface area contributed by atoms with E-state index in [9.17, 15) is 4.39 Å². The maximum atomic E-state index is 13.4. The molecule has 0 saturated carbocycles. The van der Waals surface area contributed by atoms with E-state index in [-0.39, 0.29) is 12.4 Å². The van der Waals surface area contributed by atoms with E-state index in [1.54, 1.807) is 36.4 Å². The first-order valence-corrected chi connectivity index (χ1v) is 6.56. The molecule has 1 aromatic heterocycles. The highest BCUT2D eigenvalue weighted by Gasteiger charge is 2.10. The second-order valence-electron chi connectivity index (χ2n) is 4.24. The first-order valence-electron chi connectivity index (χ1n) is 6.18. The van der Waals surface area contributed by atoms with Gasteiger partial charge in [-0.2, -0.15) is 4.98 Å². The molecule has 0 aliphatic rings. The lowest BCUT2D eigenvalue weighted by atomic mass is 10.2. The molecule has 4 nitrogen and oxygen atoms in total. The van der Waals surface area contributed by atoms with Crippen molar-refractivity contribution in [3.63, 3.8) is 0 Å². The van der Waals surface area contributed by atoms with Crippen molar-refractivity contribution < 1.29 is 13.7 Å². The Labute approximate surface area is 125 Å². The van der Waals surface area contributed by atoms with Gasteiger partial charge in [0, 0.05) is 10.6 Å². The minimum Gasteiger partial charge on any atom is -0.482 e. The van der Waals surface area contributed by atoms with Gasteiger partial charge in [0.05, 0.1) is 0 Å². The summed E-state index contributed by atoms with van der Waals surface area (Å²) in [4.78, 5) is 4.19. The minimum atomic E-state index is -0.432. The highest BCUT2D eigenvalue weighted by Crippen LogP contribution is 2.21. The van der Waals surface area contributed by atoms with Crippen molar-refractivity contribution in [2.24, 2.45) is 0 Å². The summed E-state index contributed by atoms with van der Waals surface area (Å²) in [6.45, 7) is 0.0258. The van der Waals surface area contributed by atoms with Crippen molar-refractivity contribution in [3.05, 3.63) is 65.2 Å². The monoisotopic (exact) mass is 304 g/mol. The van der Waals surface area contributed by atoms with Gasteiger partial charge in [0.2, 0.25) is 5.82 Å². The Kier molecular flexibility index (Phi) is 3.83. The summed E-state index contributed by atoms with van der Waals surface area (Å²) >= 11 is 5.81. The molecular formula is C15H10ClFN2O2. The molecule has 3 rings (SSSR count). The van der Waals surface area contributed by atoms with Crippen molar-refractivity contribution in [1.29, 1.82) is 0 Å². The second kappa shape index (κ2) is 5.93. The van der Waals surface area contributed by atoms with Crippen molar-refractivity contribution in [2.75, 3.05) is 0 Å². The molecule has 106 valence electrons. The first kappa shape index (κ1) is 13.6. The largest absolute Gasteiger partial charge is 0.482 e. The average Bonchev–Trinajstić information content (AvgIpc) is 2.96. The Morgan fingerprint density at radius 1 is 1.10 bits per heavy atom. The predicted octanol–water partition coefficient (Wildman–Crippen LogP) is 4.11. The summed E-state index contributed by atoms with van der Waals surface area (Å²) in [6.07, 6.45) is 0. The molecular weight excluding hydrogens is 295 g/mol. The molecule has 0 bridgehead atoms. The minimum absolute atomic E-state index is 0.0258. The van der Waals surface area contributed by atoms with Gasteiger partial charge in [-0.3, -0.25) is 0 Å². The van der Waals surface area contributed by atoms with Crippen LogP contribution in [0.4, 0.5) is 4.39 Å². The quantitative estimate of drug-likeness (QED) is 0.728. The van der Waals surface area contributed by atoms with Crippen molar-refractivity contribution in [3.8, 4) is 17.2 Å². The Morgan fingerprint density at radius 2 is 1.86 bits per heavy atom. The third-order valence-electron chi connectivity index (χ3n) is 2.75. The molecule has 0 unspecified atom stereocenters. The van der Waals surface area contributed by atoms with Crippen LogP contribution in [0.25, 0.3) is 11.5 Å². The summed E-state index contributed by atoms with van der Waals surface area (Å²) in [5, 5.41) is 4.42. The third-order valence-corrected chi connectivity index (χ3v) is 3.00. The first-order chi connectivity index (χ1) is 10.2. The van der Waals surface area contributed by atoms with Crippen LogP contribution in [0.1, 0.15) is 5.82 Å². The van der Waals surface area contributed by atoms with E-state index in [1.807, 2.05) is 0 Å². The topological polar surface area (TPSA) is 48.2 Å². The number of benzene rings is 2. The van der Waals surface area contributed by atoms with Crippen molar-refractivity contribution in [1.82, 2.24) is 10.1 Å². The SMILES string of the molecule is Fc1ccccc1OCc1noc(-c2ccc(Cl)cc2)n1. The average molecular weight is 305 g/mol. The molecule has 0 N–H and O–H groups in total. The number of aromatic nitrogens is 2. The molecule has 6 heteroatoms. The Balaban J connectivity index is 1.71. The van der Waals surface area contributed by atoms with Crippen molar-refractivity contribution >= 4 is 11.6 Å². The standard InChI is InChI=1S/C15H10ClFN2O2/c16-11-7-5-10(6-8-11)15-18-14(19-21-15)9-20-13-4-2-1-3-12(13)17/h1-8H,9H2. The van der Waals surface area contributed by atoms with E-state index in [2.05, 4.69) is 10.1 Å². The Morgan fingerprint density at radius 3 is 2.62 bits per heavy atom. The molecule has 21 heavy (non-hydrogen) atoms. The summed E-state index contributed by atoms with van der Waals surface area (Å²) in [7, 11) is 0. The molecule has 0 amide bonds. The van der Waals surface area contributed by atoms with Crippen LogP contribution in [0, 0.1) is 5.82 Å². The van der Waals surface area contributed by atoms with Gasteiger partial charge in [0.15, 0.2) is 18.2 Å². The molecule has 0 aliphatic heterocycles. The molecule has 0 spiro atoms. The van der Waals surface area contributed by atoms with Gasteiger partial charge in [-0.1, -0.05) is 28.9 Å². The van der Waals surface area contributed by atoms with Crippen LogP contribution >= 0.6 is 11.6 Å². The number of para-hydroxylation sites is 1. The van der Waals surface area contributed by atoms with Crippen LogP contribution in [-0.2, 0) is 6.61 Å². The van der Waals surface area contributed by atoms with Gasteiger partial charge in [0.1, 0.15) is 0 Å². The molecule has 2 aromatic carbocycles. The predicted molar refractivity (Wildman–Crippen MR) is 75.5 cm³/mol. The Bertz CT molecular complexity index is 743. The zero-order valence-electron chi connectivity index (χ0n) is 10.8. The fourth-order valence-electron chi connectivity index (χ4n) is 1.73. The van der Waals surface area contributed by atoms with E-state index in [0.29, 0.717) is 16.7 Å². The fourth-order valence-corrected chi connectivity index (χ4v) is 1.85. The molecule has 3 aromatic rings. The summed E-state index contributed by atoms with van der Waals surface area (Å²) in [5.74, 6) is 0.413. The summed E-state index contributed by atoms with van der Waals surface area (Å²) in [6, 6.07) is 13.2. The fraction of sp³-hybridized carbons (Fsp3) is 0.0667. The number of ether oxygens (including phenoxy) is 1. The van der Waals surface area contributed by atoms with Crippen molar-refractivity contribution in [2.45, 2.75) is 6.61 Å². The van der Waals surface area contributed by atoms with Crippen LogP contribution in [0.2, 0.25) is 5.02 Å². The van der Waals surface area contributed by atoms with Gasteiger partial charge in [0.25, 0.3) is 5.89 Å². The molecule has 0 radical (unpaired) electrons. The van der Waals surface area contributed by atoms with Gasteiger partial charge in [-0.05, 0) is 36.4 Å². The number of hydrogen-bond donors (Lipinski definition) is 0. The van der Waals surface area contributed by atoms with Crippen LogP contribution < -0.4 is 4.74 Å². The maximum absolute atomic E-state index is 13.4. The van der Waals surface area contributed by atoms with Gasteiger partial charge < -0.3 is 9.26 Å².